The molecule has 17 heavy (non-hydrogen) atoms. The highest BCUT2D eigenvalue weighted by Gasteiger charge is 2.34. The maximum atomic E-state index is 5.42. The molecule has 0 spiro atoms. The van der Waals surface area contributed by atoms with Gasteiger partial charge in [0.15, 0.2) is 0 Å². The Bertz CT molecular complexity index is 442. The van der Waals surface area contributed by atoms with Crippen LogP contribution in [0, 0.1) is 0 Å². The fourth-order valence-electron chi connectivity index (χ4n) is 3.29. The van der Waals surface area contributed by atoms with Gasteiger partial charge in [-0.3, -0.25) is 0 Å². The number of fused-ring (bicyclic) bond motifs is 4. The normalized spacial score (nSPS) is 34.9. The summed E-state index contributed by atoms with van der Waals surface area (Å²) in [6, 6.07) is 1.16. The third kappa shape index (κ3) is 1.58. The zero-order chi connectivity index (χ0) is 11.2. The van der Waals surface area contributed by atoms with Crippen LogP contribution in [0.2, 0.25) is 0 Å². The van der Waals surface area contributed by atoms with Gasteiger partial charge < -0.3 is 10.1 Å². The molecule has 1 aromatic rings. The van der Waals surface area contributed by atoms with Crippen LogP contribution in [0.1, 0.15) is 48.3 Å². The summed E-state index contributed by atoms with van der Waals surface area (Å²) in [5, 5.41) is 3.63. The molecule has 90 valence electrons. The summed E-state index contributed by atoms with van der Waals surface area (Å²) in [5.74, 6) is 1.43. The minimum atomic E-state index is 0.424. The molecule has 4 rings (SSSR count). The first-order valence-corrected chi connectivity index (χ1v) is 6.59. The number of nitrogens with one attached hydrogen (secondary N) is 1. The van der Waals surface area contributed by atoms with E-state index >= 15 is 0 Å². The van der Waals surface area contributed by atoms with E-state index in [1.807, 2.05) is 0 Å². The van der Waals surface area contributed by atoms with Crippen LogP contribution in [-0.2, 0) is 11.2 Å². The van der Waals surface area contributed by atoms with Crippen molar-refractivity contribution in [3.8, 4) is 0 Å². The lowest BCUT2D eigenvalue weighted by atomic mass is 10.0. The first-order chi connectivity index (χ1) is 8.40. The molecule has 0 radical (unpaired) electrons. The smallest absolute Gasteiger partial charge is 0.134 e. The molecule has 2 bridgehead atoms. The lowest BCUT2D eigenvalue weighted by Gasteiger charge is -2.24. The molecular weight excluding hydrogens is 214 g/mol. The van der Waals surface area contributed by atoms with Gasteiger partial charge in [-0.05, 0) is 19.3 Å². The van der Waals surface area contributed by atoms with E-state index in [0.29, 0.717) is 18.0 Å². The molecule has 3 unspecified atom stereocenters. The Kier molecular flexibility index (Phi) is 2.20. The lowest BCUT2D eigenvalue weighted by Crippen LogP contribution is -2.33. The first kappa shape index (κ1) is 9.97. The minimum absolute atomic E-state index is 0.424. The summed E-state index contributed by atoms with van der Waals surface area (Å²) in [5.41, 5.74) is 2.62. The van der Waals surface area contributed by atoms with Gasteiger partial charge in [0.05, 0.1) is 12.3 Å². The molecule has 1 aromatic heterocycles. The van der Waals surface area contributed by atoms with Crippen LogP contribution in [-0.4, -0.2) is 29.2 Å². The summed E-state index contributed by atoms with van der Waals surface area (Å²) in [4.78, 5) is 9.36. The Morgan fingerprint density at radius 1 is 1.29 bits per heavy atom. The van der Waals surface area contributed by atoms with Crippen molar-refractivity contribution in [2.45, 2.75) is 43.7 Å². The van der Waals surface area contributed by atoms with Gasteiger partial charge in [0.2, 0.25) is 0 Å². The second kappa shape index (κ2) is 3.75. The zero-order valence-corrected chi connectivity index (χ0v) is 9.85. The molecule has 1 N–H and O–H groups in total. The van der Waals surface area contributed by atoms with Crippen molar-refractivity contribution in [1.29, 1.82) is 0 Å². The Morgan fingerprint density at radius 2 is 2.29 bits per heavy atom. The molecular formula is C13H17N3O. The molecule has 4 heterocycles. The summed E-state index contributed by atoms with van der Waals surface area (Å²) in [6.45, 7) is 1.65. The molecule has 0 aliphatic carbocycles. The van der Waals surface area contributed by atoms with E-state index in [1.165, 1.54) is 24.1 Å². The molecule has 2 fully saturated rings. The van der Waals surface area contributed by atoms with Crippen LogP contribution in [0.25, 0.3) is 0 Å². The Balaban J connectivity index is 1.70. The maximum absolute atomic E-state index is 5.42. The van der Waals surface area contributed by atoms with E-state index in [0.717, 1.165) is 31.9 Å². The van der Waals surface area contributed by atoms with Crippen molar-refractivity contribution in [2.75, 3.05) is 13.2 Å². The van der Waals surface area contributed by atoms with Crippen LogP contribution < -0.4 is 5.32 Å². The summed E-state index contributed by atoms with van der Waals surface area (Å²) < 4.78 is 5.42. The van der Waals surface area contributed by atoms with Crippen molar-refractivity contribution >= 4 is 0 Å². The summed E-state index contributed by atoms with van der Waals surface area (Å²) in [6.07, 6.45) is 6.73. The number of nitrogens with zero attached hydrogens (tertiary/aromatic N) is 2. The van der Waals surface area contributed by atoms with Gasteiger partial charge in [-0.25, -0.2) is 9.97 Å². The van der Waals surface area contributed by atoms with Crippen molar-refractivity contribution < 1.29 is 4.74 Å². The first-order valence-electron chi connectivity index (χ1n) is 6.59. The third-order valence-corrected chi connectivity index (χ3v) is 4.27. The van der Waals surface area contributed by atoms with Gasteiger partial charge in [0.25, 0.3) is 0 Å². The molecule has 2 saturated heterocycles. The topological polar surface area (TPSA) is 47.0 Å². The number of hydrogen-bond donors (Lipinski definition) is 1. The van der Waals surface area contributed by atoms with E-state index in [-0.39, 0.29) is 0 Å². The molecule has 3 atom stereocenters. The molecule has 0 amide bonds. The van der Waals surface area contributed by atoms with E-state index in [4.69, 9.17) is 9.72 Å². The van der Waals surface area contributed by atoms with Gasteiger partial charge in [0.1, 0.15) is 5.82 Å². The largest absolute Gasteiger partial charge is 0.381 e. The molecule has 3 aliphatic rings. The Labute approximate surface area is 101 Å². The number of aromatic nitrogens is 2. The highest BCUT2D eigenvalue weighted by atomic mass is 16.5. The predicted octanol–water partition coefficient (Wildman–Crippen LogP) is 1.33. The van der Waals surface area contributed by atoms with Gasteiger partial charge in [-0.15, -0.1) is 0 Å². The van der Waals surface area contributed by atoms with Crippen molar-refractivity contribution in [1.82, 2.24) is 15.3 Å². The van der Waals surface area contributed by atoms with Crippen LogP contribution in [0.5, 0.6) is 0 Å². The number of hydrogen-bond acceptors (Lipinski definition) is 4. The van der Waals surface area contributed by atoms with E-state index in [9.17, 15) is 0 Å². The molecule has 0 aromatic carbocycles. The highest BCUT2D eigenvalue weighted by Crippen LogP contribution is 2.35. The van der Waals surface area contributed by atoms with Crippen molar-refractivity contribution in [3.63, 3.8) is 0 Å². The summed E-state index contributed by atoms with van der Waals surface area (Å²) >= 11 is 0. The molecule has 4 nitrogen and oxygen atoms in total. The van der Waals surface area contributed by atoms with Crippen LogP contribution in [0.15, 0.2) is 6.20 Å². The van der Waals surface area contributed by atoms with Gasteiger partial charge >= 0.3 is 0 Å². The average Bonchev–Trinajstić information content (AvgIpc) is 2.99. The highest BCUT2D eigenvalue weighted by molar-refractivity contribution is 5.28. The van der Waals surface area contributed by atoms with Gasteiger partial charge in [-0.2, -0.15) is 0 Å². The van der Waals surface area contributed by atoms with Gasteiger partial charge in [0, 0.05) is 42.8 Å². The van der Waals surface area contributed by atoms with Gasteiger partial charge in [-0.1, -0.05) is 0 Å². The SMILES string of the molecule is c1nc(C2CCOC2)nc2c1C1CCC(C2)N1. The van der Waals surface area contributed by atoms with E-state index in [1.54, 1.807) is 0 Å². The quantitative estimate of drug-likeness (QED) is 0.792. The third-order valence-electron chi connectivity index (χ3n) is 4.27. The predicted molar refractivity (Wildman–Crippen MR) is 62.8 cm³/mol. The van der Waals surface area contributed by atoms with Crippen molar-refractivity contribution in [3.05, 3.63) is 23.3 Å². The zero-order valence-electron chi connectivity index (χ0n) is 9.85. The minimum Gasteiger partial charge on any atom is -0.381 e. The fourth-order valence-corrected chi connectivity index (χ4v) is 3.29. The summed E-state index contributed by atoms with van der Waals surface area (Å²) in [7, 11) is 0. The number of rotatable bonds is 1. The lowest BCUT2D eigenvalue weighted by molar-refractivity contribution is 0.193. The molecule has 3 aliphatic heterocycles. The maximum Gasteiger partial charge on any atom is 0.134 e. The van der Waals surface area contributed by atoms with E-state index < -0.39 is 0 Å². The molecule has 0 saturated carbocycles. The number of ether oxygens (including phenoxy) is 1. The Hall–Kier alpha value is -1.00. The fraction of sp³-hybridized carbons (Fsp3) is 0.692. The molecule has 4 heteroatoms. The van der Waals surface area contributed by atoms with E-state index in [2.05, 4.69) is 16.5 Å². The second-order valence-electron chi connectivity index (χ2n) is 5.39. The standard InChI is InChI=1S/C13H17N3O/c1-2-11-10-6-14-13(8-3-4-17-7-8)16-12(10)5-9(1)15-11/h6,8-9,11,15H,1-5,7H2. The average molecular weight is 231 g/mol. The van der Waals surface area contributed by atoms with Crippen LogP contribution in [0.4, 0.5) is 0 Å². The monoisotopic (exact) mass is 231 g/mol. The van der Waals surface area contributed by atoms with Crippen molar-refractivity contribution in [2.24, 2.45) is 0 Å². The Morgan fingerprint density at radius 3 is 3.18 bits per heavy atom. The van der Waals surface area contributed by atoms with Crippen LogP contribution in [0.3, 0.4) is 0 Å². The second-order valence-corrected chi connectivity index (χ2v) is 5.39. The van der Waals surface area contributed by atoms with Crippen LogP contribution >= 0.6 is 0 Å².